The van der Waals surface area contributed by atoms with Crippen LogP contribution in [0.25, 0.3) is 0 Å². The van der Waals surface area contributed by atoms with E-state index in [1.165, 1.54) is 23.9 Å². The molecule has 0 aliphatic carbocycles. The Morgan fingerprint density at radius 1 is 1.43 bits per heavy atom. The minimum absolute atomic E-state index is 0.0463. The lowest BCUT2D eigenvalue weighted by molar-refractivity contribution is -0.384. The molecule has 0 aliphatic heterocycles. The molecule has 6 nitrogen and oxygen atoms in total. The fourth-order valence-electron chi connectivity index (χ4n) is 1.88. The summed E-state index contributed by atoms with van der Waals surface area (Å²) >= 11 is 2.97. The van der Waals surface area contributed by atoms with Gasteiger partial charge in [0.25, 0.3) is 5.69 Å². The lowest BCUT2D eigenvalue weighted by Gasteiger charge is -2.11. The summed E-state index contributed by atoms with van der Waals surface area (Å²) in [5, 5.41) is 16.2. The van der Waals surface area contributed by atoms with Gasteiger partial charge in [0.05, 0.1) is 20.9 Å². The Balaban J connectivity index is 1.78. The molecule has 2 rings (SSSR count). The second-order valence-corrected chi connectivity index (χ2v) is 7.39. The molecule has 1 atom stereocenters. The number of aromatic nitrogens is 1. The maximum Gasteiger partial charge on any atom is 0.269 e. The highest BCUT2D eigenvalue weighted by Gasteiger charge is 2.15. The minimum atomic E-state index is -0.440. The van der Waals surface area contributed by atoms with Crippen molar-refractivity contribution in [2.24, 2.45) is 0 Å². The number of hydrogen-bond donors (Lipinski definition) is 1. The van der Waals surface area contributed by atoms with Gasteiger partial charge in [0, 0.05) is 35.4 Å². The molecular formula is C15H17N3O3S2. The van der Waals surface area contributed by atoms with E-state index in [9.17, 15) is 14.9 Å². The van der Waals surface area contributed by atoms with Crippen molar-refractivity contribution in [3.8, 4) is 0 Å². The Hall–Kier alpha value is -1.93. The van der Waals surface area contributed by atoms with Crippen molar-refractivity contribution >= 4 is 34.7 Å². The second kappa shape index (κ2) is 8.07. The molecule has 0 saturated heterocycles. The van der Waals surface area contributed by atoms with Crippen LogP contribution in [-0.2, 0) is 11.2 Å². The summed E-state index contributed by atoms with van der Waals surface area (Å²) in [5.74, 6) is -0.0553. The number of amides is 1. The van der Waals surface area contributed by atoms with Gasteiger partial charge >= 0.3 is 0 Å². The monoisotopic (exact) mass is 351 g/mol. The van der Waals surface area contributed by atoms with Crippen molar-refractivity contribution in [3.05, 3.63) is 50.5 Å². The number of nitro groups is 1. The maximum atomic E-state index is 12.1. The molecule has 1 amide bonds. The lowest BCUT2D eigenvalue weighted by Crippen LogP contribution is -2.32. The third-order valence-corrected chi connectivity index (χ3v) is 5.01. The zero-order valence-electron chi connectivity index (χ0n) is 12.8. The first kappa shape index (κ1) is 17.4. The van der Waals surface area contributed by atoms with Gasteiger partial charge in [-0.15, -0.1) is 23.1 Å². The fourth-order valence-corrected chi connectivity index (χ4v) is 3.42. The molecule has 122 valence electrons. The number of thiazole rings is 1. The first-order chi connectivity index (χ1) is 11.0. The summed E-state index contributed by atoms with van der Waals surface area (Å²) in [6.45, 7) is 4.32. The number of nitrogens with zero attached hydrogens (tertiary/aromatic N) is 2. The Kier molecular flexibility index (Phi) is 6.12. The average Bonchev–Trinajstić information content (AvgIpc) is 2.93. The van der Waals surface area contributed by atoms with Crippen molar-refractivity contribution in [2.45, 2.75) is 30.4 Å². The van der Waals surface area contributed by atoms with E-state index >= 15 is 0 Å². The van der Waals surface area contributed by atoms with Crippen molar-refractivity contribution in [1.82, 2.24) is 10.3 Å². The molecule has 8 heteroatoms. The summed E-state index contributed by atoms with van der Waals surface area (Å²) in [5.41, 5.74) is 1.04. The van der Waals surface area contributed by atoms with Crippen LogP contribution in [0, 0.1) is 17.0 Å². The number of carbonyl (C=O) groups excluding carboxylic acids is 1. The van der Waals surface area contributed by atoms with Gasteiger partial charge in [-0.25, -0.2) is 4.98 Å². The first-order valence-electron chi connectivity index (χ1n) is 7.05. The van der Waals surface area contributed by atoms with Gasteiger partial charge in [0.15, 0.2) is 0 Å². The van der Waals surface area contributed by atoms with Crippen LogP contribution >= 0.6 is 23.1 Å². The number of rotatable bonds is 7. The Morgan fingerprint density at radius 3 is 2.70 bits per heavy atom. The van der Waals surface area contributed by atoms with Crippen LogP contribution in [0.5, 0.6) is 0 Å². The standard InChI is InChI=1S/C15H17N3O3S2/c1-10(23-14-5-3-13(4-6-14)18(20)21)15(19)16-8-7-12-9-22-11(2)17-12/h3-6,9-10H,7-8H2,1-2H3,(H,16,19). The van der Waals surface area contributed by atoms with Gasteiger partial charge < -0.3 is 5.32 Å². The van der Waals surface area contributed by atoms with E-state index in [-0.39, 0.29) is 16.8 Å². The Bertz CT molecular complexity index is 686. The number of benzene rings is 1. The molecule has 1 N–H and O–H groups in total. The van der Waals surface area contributed by atoms with Gasteiger partial charge in [-0.2, -0.15) is 0 Å². The number of non-ortho nitro benzene ring substituents is 1. The quantitative estimate of drug-likeness (QED) is 0.470. The average molecular weight is 351 g/mol. The predicted octanol–water partition coefficient (Wildman–Crippen LogP) is 3.20. The molecule has 0 bridgehead atoms. The van der Waals surface area contributed by atoms with E-state index in [1.54, 1.807) is 23.5 Å². The predicted molar refractivity (Wildman–Crippen MR) is 92.0 cm³/mol. The molecule has 1 heterocycles. The van der Waals surface area contributed by atoms with Crippen LogP contribution < -0.4 is 5.32 Å². The Morgan fingerprint density at radius 2 is 2.13 bits per heavy atom. The zero-order chi connectivity index (χ0) is 16.8. The fraction of sp³-hybridized carbons (Fsp3) is 0.333. The number of hydrogen-bond acceptors (Lipinski definition) is 6. The van der Waals surface area contributed by atoms with Crippen LogP contribution in [0.1, 0.15) is 17.6 Å². The van der Waals surface area contributed by atoms with Crippen molar-refractivity contribution in [1.29, 1.82) is 0 Å². The number of carbonyl (C=O) groups is 1. The maximum absolute atomic E-state index is 12.1. The van der Waals surface area contributed by atoms with E-state index < -0.39 is 4.92 Å². The molecule has 23 heavy (non-hydrogen) atoms. The third kappa shape index (κ3) is 5.33. The molecule has 0 radical (unpaired) electrons. The van der Waals surface area contributed by atoms with Crippen LogP contribution in [-0.4, -0.2) is 27.6 Å². The first-order valence-corrected chi connectivity index (χ1v) is 8.81. The summed E-state index contributed by atoms with van der Waals surface area (Å²) in [4.78, 5) is 27.4. The highest BCUT2D eigenvalue weighted by atomic mass is 32.2. The van der Waals surface area contributed by atoms with E-state index in [0.29, 0.717) is 13.0 Å². The number of nitro benzene ring substituents is 1. The zero-order valence-corrected chi connectivity index (χ0v) is 14.4. The van der Waals surface area contributed by atoms with Crippen molar-refractivity contribution in [2.75, 3.05) is 6.54 Å². The molecular weight excluding hydrogens is 334 g/mol. The highest BCUT2D eigenvalue weighted by molar-refractivity contribution is 8.00. The molecule has 1 aromatic heterocycles. The lowest BCUT2D eigenvalue weighted by atomic mass is 10.3. The molecule has 1 aromatic carbocycles. The van der Waals surface area contributed by atoms with Crippen LogP contribution in [0.4, 0.5) is 5.69 Å². The number of aryl methyl sites for hydroxylation is 1. The van der Waals surface area contributed by atoms with Gasteiger partial charge in [-0.1, -0.05) is 0 Å². The van der Waals surface area contributed by atoms with E-state index in [2.05, 4.69) is 10.3 Å². The molecule has 0 fully saturated rings. The van der Waals surface area contributed by atoms with E-state index in [0.717, 1.165) is 15.6 Å². The summed E-state index contributed by atoms with van der Waals surface area (Å²) in [7, 11) is 0. The van der Waals surface area contributed by atoms with Crippen LogP contribution in [0.2, 0.25) is 0 Å². The number of nitrogens with one attached hydrogen (secondary N) is 1. The highest BCUT2D eigenvalue weighted by Crippen LogP contribution is 2.25. The summed E-state index contributed by atoms with van der Waals surface area (Å²) in [6, 6.07) is 6.20. The third-order valence-electron chi connectivity index (χ3n) is 3.08. The molecule has 0 aliphatic rings. The van der Waals surface area contributed by atoms with Crippen molar-refractivity contribution < 1.29 is 9.72 Å². The van der Waals surface area contributed by atoms with Gasteiger partial charge in [0.2, 0.25) is 5.91 Å². The summed E-state index contributed by atoms with van der Waals surface area (Å²) < 4.78 is 0. The molecule has 2 aromatic rings. The van der Waals surface area contributed by atoms with Gasteiger partial charge in [-0.3, -0.25) is 14.9 Å². The summed E-state index contributed by atoms with van der Waals surface area (Å²) in [6.07, 6.45) is 0.713. The normalized spacial score (nSPS) is 11.9. The Labute approximate surface area is 142 Å². The van der Waals surface area contributed by atoms with Crippen LogP contribution in [0.3, 0.4) is 0 Å². The van der Waals surface area contributed by atoms with Gasteiger partial charge in [0.1, 0.15) is 0 Å². The minimum Gasteiger partial charge on any atom is -0.355 e. The molecule has 0 spiro atoms. The second-order valence-electron chi connectivity index (χ2n) is 4.91. The van der Waals surface area contributed by atoms with E-state index in [4.69, 9.17) is 0 Å². The van der Waals surface area contributed by atoms with Crippen molar-refractivity contribution in [3.63, 3.8) is 0 Å². The van der Waals surface area contributed by atoms with Crippen LogP contribution in [0.15, 0.2) is 34.5 Å². The number of thioether (sulfide) groups is 1. The smallest absolute Gasteiger partial charge is 0.269 e. The largest absolute Gasteiger partial charge is 0.355 e. The van der Waals surface area contributed by atoms with Gasteiger partial charge in [-0.05, 0) is 26.0 Å². The molecule has 0 saturated carbocycles. The SMILES string of the molecule is Cc1nc(CCNC(=O)C(C)Sc2ccc([N+](=O)[O-])cc2)cs1. The molecule has 1 unspecified atom stereocenters. The topological polar surface area (TPSA) is 85.1 Å². The van der Waals surface area contributed by atoms with E-state index in [1.807, 2.05) is 19.2 Å².